The number of hydrogen-bond donors (Lipinski definition) is 1. The third kappa shape index (κ3) is 3.86. The summed E-state index contributed by atoms with van der Waals surface area (Å²) in [6.45, 7) is 1.39. The zero-order valence-corrected chi connectivity index (χ0v) is 10.5. The fourth-order valence-corrected chi connectivity index (χ4v) is 1.93. The molecule has 0 spiro atoms. The lowest BCUT2D eigenvalue weighted by molar-refractivity contribution is -0.138. The van der Waals surface area contributed by atoms with Gasteiger partial charge in [-0.25, -0.2) is 0 Å². The lowest BCUT2D eigenvalue weighted by atomic mass is 10.0. The Morgan fingerprint density at radius 1 is 1.28 bits per heavy atom. The summed E-state index contributed by atoms with van der Waals surface area (Å²) in [5.74, 6) is 0. The highest BCUT2D eigenvalue weighted by Crippen LogP contribution is 2.32. The van der Waals surface area contributed by atoms with E-state index in [0.29, 0.717) is 6.61 Å². The van der Waals surface area contributed by atoms with Crippen molar-refractivity contribution < 1.29 is 17.9 Å². The van der Waals surface area contributed by atoms with E-state index in [2.05, 4.69) is 5.32 Å². The van der Waals surface area contributed by atoms with Crippen molar-refractivity contribution in [2.75, 3.05) is 13.2 Å². The van der Waals surface area contributed by atoms with Gasteiger partial charge in [-0.1, -0.05) is 18.2 Å². The molecular formula is C12H15ClF3NO. The first-order valence-corrected chi connectivity index (χ1v) is 5.57. The highest BCUT2D eigenvalue weighted by atomic mass is 35.5. The zero-order chi connectivity index (χ0) is 12.3. The molecule has 0 aromatic heterocycles. The minimum atomic E-state index is -4.30. The second kappa shape index (κ2) is 6.41. The molecule has 1 aliphatic heterocycles. The van der Waals surface area contributed by atoms with Crippen LogP contribution in [0.2, 0.25) is 0 Å². The maximum absolute atomic E-state index is 12.7. The van der Waals surface area contributed by atoms with E-state index in [1.165, 1.54) is 12.1 Å². The van der Waals surface area contributed by atoms with E-state index in [9.17, 15) is 13.2 Å². The Hall–Kier alpha value is -0.780. The first-order chi connectivity index (χ1) is 8.07. The maximum atomic E-state index is 12.7. The molecule has 0 saturated carbocycles. The second-order valence-corrected chi connectivity index (χ2v) is 4.03. The predicted molar refractivity (Wildman–Crippen MR) is 64.8 cm³/mol. The number of alkyl halides is 3. The first-order valence-electron chi connectivity index (χ1n) is 5.57. The third-order valence-corrected chi connectivity index (χ3v) is 2.74. The van der Waals surface area contributed by atoms with Crippen LogP contribution in [-0.4, -0.2) is 19.4 Å². The smallest absolute Gasteiger partial charge is 0.363 e. The van der Waals surface area contributed by atoms with Crippen molar-refractivity contribution in [3.63, 3.8) is 0 Å². The molecule has 2 nitrogen and oxygen atoms in total. The zero-order valence-electron chi connectivity index (χ0n) is 9.67. The second-order valence-electron chi connectivity index (χ2n) is 4.03. The molecule has 1 saturated heterocycles. The standard InChI is InChI=1S/C12H14F3NO.ClH/c13-12(14,15)10-5-2-1-4-9(10)8-11-16-6-3-7-17-11;/h1-2,4-5,11,16H,3,6-8H2;1H. The monoisotopic (exact) mass is 281 g/mol. The van der Waals surface area contributed by atoms with Gasteiger partial charge in [0.2, 0.25) is 0 Å². The van der Waals surface area contributed by atoms with Crippen molar-refractivity contribution in [1.29, 1.82) is 0 Å². The minimum absolute atomic E-state index is 0. The van der Waals surface area contributed by atoms with Crippen molar-refractivity contribution in [2.24, 2.45) is 0 Å². The van der Waals surface area contributed by atoms with Gasteiger partial charge in [-0.2, -0.15) is 13.2 Å². The number of nitrogens with one attached hydrogen (secondary N) is 1. The SMILES string of the molecule is Cl.FC(F)(F)c1ccccc1CC1NCCCO1. The van der Waals surface area contributed by atoms with E-state index in [0.717, 1.165) is 19.0 Å². The van der Waals surface area contributed by atoms with Gasteiger partial charge in [0.1, 0.15) is 6.23 Å². The molecule has 1 atom stereocenters. The normalized spacial score (nSPS) is 20.3. The number of benzene rings is 1. The molecule has 1 unspecified atom stereocenters. The molecule has 1 heterocycles. The molecule has 1 aromatic rings. The Balaban J connectivity index is 0.00000162. The summed E-state index contributed by atoms with van der Waals surface area (Å²) in [5.41, 5.74) is -0.296. The van der Waals surface area contributed by atoms with Gasteiger partial charge in [0, 0.05) is 13.0 Å². The van der Waals surface area contributed by atoms with Gasteiger partial charge >= 0.3 is 6.18 Å². The summed E-state index contributed by atoms with van der Waals surface area (Å²) in [7, 11) is 0. The van der Waals surface area contributed by atoms with E-state index in [4.69, 9.17) is 4.74 Å². The molecule has 2 rings (SSSR count). The summed E-state index contributed by atoms with van der Waals surface area (Å²) in [6, 6.07) is 5.63. The van der Waals surface area contributed by atoms with E-state index >= 15 is 0 Å². The molecule has 1 fully saturated rings. The highest BCUT2D eigenvalue weighted by molar-refractivity contribution is 5.85. The van der Waals surface area contributed by atoms with Crippen LogP contribution in [0, 0.1) is 0 Å². The van der Waals surface area contributed by atoms with Gasteiger partial charge in [-0.15, -0.1) is 12.4 Å². The van der Waals surface area contributed by atoms with E-state index in [1.807, 2.05) is 0 Å². The number of ether oxygens (including phenoxy) is 1. The van der Waals surface area contributed by atoms with Gasteiger partial charge in [0.05, 0.1) is 5.56 Å². The Morgan fingerprint density at radius 3 is 2.61 bits per heavy atom. The van der Waals surface area contributed by atoms with E-state index < -0.39 is 11.7 Å². The average molecular weight is 282 g/mol. The van der Waals surface area contributed by atoms with Crippen molar-refractivity contribution in [1.82, 2.24) is 5.32 Å². The van der Waals surface area contributed by atoms with Crippen LogP contribution in [0.5, 0.6) is 0 Å². The van der Waals surface area contributed by atoms with Crippen molar-refractivity contribution in [2.45, 2.75) is 25.2 Å². The van der Waals surface area contributed by atoms with Crippen LogP contribution < -0.4 is 5.32 Å². The molecule has 1 N–H and O–H groups in total. The molecule has 0 amide bonds. The van der Waals surface area contributed by atoms with Crippen LogP contribution in [0.15, 0.2) is 24.3 Å². The van der Waals surface area contributed by atoms with E-state index in [-0.39, 0.29) is 30.6 Å². The van der Waals surface area contributed by atoms with Gasteiger partial charge in [0.15, 0.2) is 0 Å². The molecular weight excluding hydrogens is 267 g/mol. The molecule has 1 aliphatic rings. The van der Waals surface area contributed by atoms with Gasteiger partial charge < -0.3 is 4.74 Å². The summed E-state index contributed by atoms with van der Waals surface area (Å²) in [5, 5.41) is 3.06. The van der Waals surface area contributed by atoms with Crippen molar-refractivity contribution >= 4 is 12.4 Å². The number of hydrogen-bond acceptors (Lipinski definition) is 2. The Labute approximate surface area is 110 Å². The topological polar surface area (TPSA) is 21.3 Å². The van der Waals surface area contributed by atoms with Crippen LogP contribution in [0.4, 0.5) is 13.2 Å². The van der Waals surface area contributed by atoms with Crippen molar-refractivity contribution in [3.05, 3.63) is 35.4 Å². The number of rotatable bonds is 2. The van der Waals surface area contributed by atoms with Crippen LogP contribution >= 0.6 is 12.4 Å². The first kappa shape index (κ1) is 15.3. The van der Waals surface area contributed by atoms with Crippen LogP contribution in [0.3, 0.4) is 0 Å². The minimum Gasteiger partial charge on any atom is -0.363 e. The van der Waals surface area contributed by atoms with Gasteiger partial charge in [-0.05, 0) is 24.6 Å². The summed E-state index contributed by atoms with van der Waals surface area (Å²) in [6.07, 6.45) is -3.47. The Kier molecular flexibility index (Phi) is 5.44. The lowest BCUT2D eigenvalue weighted by Crippen LogP contribution is -2.39. The molecule has 0 radical (unpaired) electrons. The lowest BCUT2D eigenvalue weighted by Gasteiger charge is -2.25. The largest absolute Gasteiger partial charge is 0.416 e. The Morgan fingerprint density at radius 2 is 2.00 bits per heavy atom. The fourth-order valence-electron chi connectivity index (χ4n) is 1.93. The number of halogens is 4. The van der Waals surface area contributed by atoms with Crippen LogP contribution in [0.25, 0.3) is 0 Å². The van der Waals surface area contributed by atoms with Crippen LogP contribution in [0.1, 0.15) is 17.5 Å². The third-order valence-electron chi connectivity index (χ3n) is 2.74. The van der Waals surface area contributed by atoms with Gasteiger partial charge in [0.25, 0.3) is 0 Å². The highest BCUT2D eigenvalue weighted by Gasteiger charge is 2.33. The van der Waals surface area contributed by atoms with E-state index in [1.54, 1.807) is 6.07 Å². The molecule has 18 heavy (non-hydrogen) atoms. The van der Waals surface area contributed by atoms with Gasteiger partial charge in [-0.3, -0.25) is 5.32 Å². The quantitative estimate of drug-likeness (QED) is 0.900. The molecule has 1 aromatic carbocycles. The molecule has 0 bridgehead atoms. The molecule has 6 heteroatoms. The molecule has 102 valence electrons. The summed E-state index contributed by atoms with van der Waals surface area (Å²) < 4.78 is 43.6. The summed E-state index contributed by atoms with van der Waals surface area (Å²) in [4.78, 5) is 0. The summed E-state index contributed by atoms with van der Waals surface area (Å²) >= 11 is 0. The maximum Gasteiger partial charge on any atom is 0.416 e. The average Bonchev–Trinajstić information content (AvgIpc) is 2.30. The van der Waals surface area contributed by atoms with Crippen LogP contribution in [-0.2, 0) is 17.3 Å². The predicted octanol–water partition coefficient (Wildman–Crippen LogP) is 3.01. The Bertz CT molecular complexity index is 378. The molecule has 0 aliphatic carbocycles. The fraction of sp³-hybridized carbons (Fsp3) is 0.500. The van der Waals surface area contributed by atoms with Crippen molar-refractivity contribution in [3.8, 4) is 0 Å².